The SMILES string of the molecule is CC1CCC1NCC=C(Cl)Cl. The standard InChI is InChI=1S/C8H13Cl2N/c1-6-2-3-7(6)11-5-4-8(9)10/h4,6-7,11H,2-3,5H2,1H3. The van der Waals surface area contributed by atoms with E-state index in [0.29, 0.717) is 10.5 Å². The molecule has 1 rings (SSSR count). The van der Waals surface area contributed by atoms with E-state index in [1.807, 2.05) is 0 Å². The van der Waals surface area contributed by atoms with Crippen molar-refractivity contribution in [3.63, 3.8) is 0 Å². The summed E-state index contributed by atoms with van der Waals surface area (Å²) in [4.78, 5) is 0. The van der Waals surface area contributed by atoms with Crippen molar-refractivity contribution in [3.8, 4) is 0 Å². The van der Waals surface area contributed by atoms with Gasteiger partial charge in [-0.25, -0.2) is 0 Å². The third kappa shape index (κ3) is 3.02. The lowest BCUT2D eigenvalue weighted by atomic mass is 9.81. The van der Waals surface area contributed by atoms with E-state index in [9.17, 15) is 0 Å². The number of halogens is 2. The average molecular weight is 194 g/mol. The lowest BCUT2D eigenvalue weighted by Gasteiger charge is -2.34. The van der Waals surface area contributed by atoms with Crippen LogP contribution in [0.1, 0.15) is 19.8 Å². The highest BCUT2D eigenvalue weighted by Crippen LogP contribution is 2.26. The molecular weight excluding hydrogens is 181 g/mol. The first kappa shape index (κ1) is 9.37. The van der Waals surface area contributed by atoms with Crippen molar-refractivity contribution in [2.45, 2.75) is 25.8 Å². The molecule has 2 atom stereocenters. The molecule has 0 bridgehead atoms. The Bertz CT molecular complexity index is 152. The minimum absolute atomic E-state index is 0.351. The highest BCUT2D eigenvalue weighted by molar-refractivity contribution is 6.55. The van der Waals surface area contributed by atoms with Crippen molar-refractivity contribution in [1.29, 1.82) is 0 Å². The van der Waals surface area contributed by atoms with Crippen molar-refractivity contribution in [2.24, 2.45) is 5.92 Å². The molecule has 11 heavy (non-hydrogen) atoms. The quantitative estimate of drug-likeness (QED) is 0.728. The molecule has 0 saturated heterocycles. The van der Waals surface area contributed by atoms with Gasteiger partial charge in [-0.05, 0) is 24.8 Å². The summed E-state index contributed by atoms with van der Waals surface area (Å²) >= 11 is 10.9. The van der Waals surface area contributed by atoms with E-state index >= 15 is 0 Å². The minimum atomic E-state index is 0.351. The summed E-state index contributed by atoms with van der Waals surface area (Å²) in [5.74, 6) is 0.817. The monoisotopic (exact) mass is 193 g/mol. The second kappa shape index (κ2) is 4.34. The fourth-order valence-corrected chi connectivity index (χ4v) is 1.41. The van der Waals surface area contributed by atoms with Gasteiger partial charge in [-0.15, -0.1) is 0 Å². The van der Waals surface area contributed by atoms with Gasteiger partial charge in [-0.1, -0.05) is 30.1 Å². The summed E-state index contributed by atoms with van der Waals surface area (Å²) in [6.45, 7) is 3.05. The lowest BCUT2D eigenvalue weighted by Crippen LogP contribution is -2.42. The van der Waals surface area contributed by atoms with Gasteiger partial charge in [0.25, 0.3) is 0 Å². The summed E-state index contributed by atoms with van der Waals surface area (Å²) in [6.07, 6.45) is 4.42. The van der Waals surface area contributed by atoms with Gasteiger partial charge in [0.15, 0.2) is 0 Å². The first-order valence-corrected chi connectivity index (χ1v) is 4.70. The normalized spacial score (nSPS) is 29.4. The van der Waals surface area contributed by atoms with Crippen molar-refractivity contribution in [2.75, 3.05) is 6.54 Å². The minimum Gasteiger partial charge on any atom is -0.310 e. The summed E-state index contributed by atoms with van der Waals surface area (Å²) in [6, 6.07) is 0.680. The molecule has 1 aliphatic rings. The second-order valence-electron chi connectivity index (χ2n) is 3.06. The van der Waals surface area contributed by atoms with E-state index in [1.54, 1.807) is 6.08 Å². The van der Waals surface area contributed by atoms with E-state index in [4.69, 9.17) is 23.2 Å². The molecule has 2 unspecified atom stereocenters. The van der Waals surface area contributed by atoms with Crippen LogP contribution in [-0.4, -0.2) is 12.6 Å². The Labute approximate surface area is 77.8 Å². The van der Waals surface area contributed by atoms with Crippen molar-refractivity contribution < 1.29 is 0 Å². The fourth-order valence-electron chi connectivity index (χ4n) is 1.26. The number of hydrogen-bond acceptors (Lipinski definition) is 1. The maximum Gasteiger partial charge on any atom is 0.104 e. The van der Waals surface area contributed by atoms with Gasteiger partial charge in [0.1, 0.15) is 4.49 Å². The van der Waals surface area contributed by atoms with E-state index in [2.05, 4.69) is 12.2 Å². The van der Waals surface area contributed by atoms with Crippen LogP contribution in [0.2, 0.25) is 0 Å². The molecule has 0 spiro atoms. The molecular formula is C8H13Cl2N. The van der Waals surface area contributed by atoms with Crippen LogP contribution in [0.4, 0.5) is 0 Å². The van der Waals surface area contributed by atoms with Gasteiger partial charge in [0, 0.05) is 12.6 Å². The Morgan fingerprint density at radius 2 is 2.27 bits per heavy atom. The lowest BCUT2D eigenvalue weighted by molar-refractivity contribution is 0.236. The van der Waals surface area contributed by atoms with Crippen LogP contribution in [-0.2, 0) is 0 Å². The molecule has 0 aromatic rings. The Morgan fingerprint density at radius 1 is 1.55 bits per heavy atom. The number of rotatable bonds is 3. The molecule has 3 heteroatoms. The number of nitrogens with one attached hydrogen (secondary N) is 1. The summed E-state index contributed by atoms with van der Waals surface area (Å²) < 4.78 is 0.351. The molecule has 1 fully saturated rings. The summed E-state index contributed by atoms with van der Waals surface area (Å²) in [5, 5.41) is 3.35. The second-order valence-corrected chi connectivity index (χ2v) is 4.07. The molecule has 0 aromatic carbocycles. The van der Waals surface area contributed by atoms with Crippen molar-refractivity contribution >= 4 is 23.2 Å². The van der Waals surface area contributed by atoms with Gasteiger partial charge in [-0.3, -0.25) is 0 Å². The average Bonchev–Trinajstić information content (AvgIpc) is 1.94. The van der Waals surface area contributed by atoms with E-state index in [0.717, 1.165) is 12.5 Å². The largest absolute Gasteiger partial charge is 0.310 e. The number of hydrogen-bond donors (Lipinski definition) is 1. The van der Waals surface area contributed by atoms with Crippen LogP contribution in [0, 0.1) is 5.92 Å². The van der Waals surface area contributed by atoms with E-state index in [1.165, 1.54) is 12.8 Å². The Hall–Kier alpha value is 0.280. The molecule has 1 N–H and O–H groups in total. The smallest absolute Gasteiger partial charge is 0.104 e. The van der Waals surface area contributed by atoms with Crippen molar-refractivity contribution in [3.05, 3.63) is 10.6 Å². The van der Waals surface area contributed by atoms with Crippen LogP contribution in [0.5, 0.6) is 0 Å². The molecule has 0 amide bonds. The third-order valence-corrected chi connectivity index (χ3v) is 2.56. The predicted octanol–water partition coefficient (Wildman–Crippen LogP) is 2.69. The van der Waals surface area contributed by atoms with Gasteiger partial charge < -0.3 is 5.32 Å². The summed E-state index contributed by atoms with van der Waals surface area (Å²) in [7, 11) is 0. The maximum absolute atomic E-state index is 5.45. The molecule has 1 saturated carbocycles. The fraction of sp³-hybridized carbons (Fsp3) is 0.750. The maximum atomic E-state index is 5.45. The zero-order valence-electron chi connectivity index (χ0n) is 6.61. The molecule has 0 aromatic heterocycles. The summed E-state index contributed by atoms with van der Waals surface area (Å²) in [5.41, 5.74) is 0. The molecule has 64 valence electrons. The molecule has 1 aliphatic carbocycles. The van der Waals surface area contributed by atoms with Gasteiger partial charge in [-0.2, -0.15) is 0 Å². The van der Waals surface area contributed by atoms with Gasteiger partial charge >= 0.3 is 0 Å². The third-order valence-electron chi connectivity index (χ3n) is 2.26. The van der Waals surface area contributed by atoms with Crippen LogP contribution >= 0.6 is 23.2 Å². The van der Waals surface area contributed by atoms with Gasteiger partial charge in [0.2, 0.25) is 0 Å². The van der Waals surface area contributed by atoms with E-state index in [-0.39, 0.29) is 0 Å². The first-order chi connectivity index (χ1) is 5.20. The molecule has 0 aliphatic heterocycles. The highest BCUT2D eigenvalue weighted by atomic mass is 35.5. The Kier molecular flexibility index (Phi) is 3.70. The van der Waals surface area contributed by atoms with Crippen LogP contribution < -0.4 is 5.32 Å². The predicted molar refractivity (Wildman–Crippen MR) is 50.0 cm³/mol. The highest BCUT2D eigenvalue weighted by Gasteiger charge is 2.25. The first-order valence-electron chi connectivity index (χ1n) is 3.94. The van der Waals surface area contributed by atoms with Crippen LogP contribution in [0.25, 0.3) is 0 Å². The molecule has 0 heterocycles. The zero-order chi connectivity index (χ0) is 8.27. The zero-order valence-corrected chi connectivity index (χ0v) is 8.12. The van der Waals surface area contributed by atoms with Crippen molar-refractivity contribution in [1.82, 2.24) is 5.32 Å². The topological polar surface area (TPSA) is 12.0 Å². The molecule has 0 radical (unpaired) electrons. The Balaban J connectivity index is 2.08. The van der Waals surface area contributed by atoms with E-state index < -0.39 is 0 Å². The van der Waals surface area contributed by atoms with Crippen LogP contribution in [0.3, 0.4) is 0 Å². The molecule has 1 nitrogen and oxygen atoms in total. The van der Waals surface area contributed by atoms with Crippen LogP contribution in [0.15, 0.2) is 10.6 Å². The Morgan fingerprint density at radius 3 is 2.64 bits per heavy atom. The van der Waals surface area contributed by atoms with Gasteiger partial charge in [0.05, 0.1) is 0 Å².